The van der Waals surface area contributed by atoms with Crippen LogP contribution in [-0.4, -0.2) is 45.2 Å². The number of aliphatic hydroxyl groups excluding tert-OH is 1. The van der Waals surface area contributed by atoms with Crippen LogP contribution in [0.1, 0.15) is 18.0 Å². The van der Waals surface area contributed by atoms with Crippen LogP contribution < -0.4 is 0 Å². The molecule has 0 radical (unpaired) electrons. The van der Waals surface area contributed by atoms with Crippen molar-refractivity contribution in [1.82, 2.24) is 4.90 Å². The summed E-state index contributed by atoms with van der Waals surface area (Å²) in [7, 11) is 0. The van der Waals surface area contributed by atoms with Gasteiger partial charge in [0.1, 0.15) is 5.75 Å². The number of hydrogen-bond acceptors (Lipinski definition) is 4. The lowest BCUT2D eigenvalue weighted by Gasteiger charge is -2.25. The van der Waals surface area contributed by atoms with Crippen LogP contribution in [0.5, 0.6) is 5.75 Å². The number of hydrogen-bond donors (Lipinski definition) is 3. The lowest BCUT2D eigenvalue weighted by Crippen LogP contribution is -2.35. The van der Waals surface area contributed by atoms with Gasteiger partial charge in [-0.1, -0.05) is 12.1 Å². The minimum absolute atomic E-state index is 0.0360. The van der Waals surface area contributed by atoms with Gasteiger partial charge in [0.05, 0.1) is 0 Å². The van der Waals surface area contributed by atoms with Crippen molar-refractivity contribution < 1.29 is 24.9 Å². The fourth-order valence-corrected chi connectivity index (χ4v) is 2.29. The molecule has 1 saturated heterocycles. The Morgan fingerprint density at radius 3 is 2.47 bits per heavy atom. The molecular weight excluding hydrogens is 250 g/mol. The number of amides is 1. The number of carboxylic acid groups (broad SMARTS) is 1. The molecule has 0 spiro atoms. The molecule has 0 bridgehead atoms. The van der Waals surface area contributed by atoms with Gasteiger partial charge in [-0.15, -0.1) is 0 Å². The first-order chi connectivity index (χ1) is 9.02. The van der Waals surface area contributed by atoms with Gasteiger partial charge in [0.2, 0.25) is 5.91 Å². The van der Waals surface area contributed by atoms with Gasteiger partial charge in [0.25, 0.3) is 0 Å². The van der Waals surface area contributed by atoms with E-state index in [0.29, 0.717) is 5.56 Å². The van der Waals surface area contributed by atoms with Crippen LogP contribution in [0.25, 0.3) is 0 Å². The van der Waals surface area contributed by atoms with E-state index in [1.54, 1.807) is 0 Å². The number of aliphatic carboxylic acids is 1. The van der Waals surface area contributed by atoms with Gasteiger partial charge in [-0.2, -0.15) is 0 Å². The van der Waals surface area contributed by atoms with Gasteiger partial charge in [0.15, 0.2) is 6.04 Å². The third kappa shape index (κ3) is 2.68. The van der Waals surface area contributed by atoms with Crippen LogP contribution in [0.15, 0.2) is 24.3 Å². The van der Waals surface area contributed by atoms with Crippen LogP contribution >= 0.6 is 0 Å². The maximum atomic E-state index is 11.8. The Morgan fingerprint density at radius 2 is 2.00 bits per heavy atom. The van der Waals surface area contributed by atoms with E-state index in [1.165, 1.54) is 29.2 Å². The van der Waals surface area contributed by atoms with E-state index in [9.17, 15) is 19.8 Å². The smallest absolute Gasteiger partial charge is 0.331 e. The Labute approximate surface area is 109 Å². The summed E-state index contributed by atoms with van der Waals surface area (Å²) in [6.07, 6.45) is 0.165. The summed E-state index contributed by atoms with van der Waals surface area (Å²) in [5, 5.41) is 27.6. The zero-order chi connectivity index (χ0) is 14.0. The number of aromatic hydroxyl groups is 1. The molecule has 1 fully saturated rings. The maximum absolute atomic E-state index is 11.8. The van der Waals surface area contributed by atoms with Crippen molar-refractivity contribution in [3.05, 3.63) is 29.8 Å². The predicted octanol–water partition coefficient (Wildman–Crippen LogP) is 0.359. The predicted molar refractivity (Wildman–Crippen MR) is 65.4 cm³/mol. The van der Waals surface area contributed by atoms with E-state index in [4.69, 9.17) is 5.11 Å². The molecular formula is C13H15NO5. The van der Waals surface area contributed by atoms with Gasteiger partial charge >= 0.3 is 5.97 Å². The van der Waals surface area contributed by atoms with E-state index < -0.39 is 12.0 Å². The molecule has 2 atom stereocenters. The molecule has 0 aliphatic carbocycles. The number of aliphatic hydroxyl groups is 1. The molecule has 2 rings (SSSR count). The quantitative estimate of drug-likeness (QED) is 0.730. The molecule has 1 aromatic carbocycles. The summed E-state index contributed by atoms with van der Waals surface area (Å²) >= 11 is 0. The first-order valence-corrected chi connectivity index (χ1v) is 5.95. The van der Waals surface area contributed by atoms with E-state index in [2.05, 4.69) is 0 Å². The molecule has 1 heterocycles. The molecule has 2 unspecified atom stereocenters. The Hall–Kier alpha value is -2.08. The molecule has 1 aliphatic heterocycles. The zero-order valence-corrected chi connectivity index (χ0v) is 10.2. The highest BCUT2D eigenvalue weighted by Gasteiger charge is 2.38. The van der Waals surface area contributed by atoms with Gasteiger partial charge in [0, 0.05) is 25.5 Å². The molecule has 1 amide bonds. The standard InChI is InChI=1S/C13H15NO5/c15-7-8-5-11(17)14(6-8)12(13(18)19)9-1-3-10(16)4-2-9/h1-4,8,12,15-16H,5-7H2,(H,18,19). The van der Waals surface area contributed by atoms with E-state index in [0.717, 1.165) is 0 Å². The maximum Gasteiger partial charge on any atom is 0.331 e. The summed E-state index contributed by atoms with van der Waals surface area (Å²) in [5.74, 6) is -1.59. The number of benzene rings is 1. The van der Waals surface area contributed by atoms with Crippen molar-refractivity contribution >= 4 is 11.9 Å². The number of nitrogens with zero attached hydrogens (tertiary/aromatic N) is 1. The Balaban J connectivity index is 2.28. The van der Waals surface area contributed by atoms with E-state index in [1.807, 2.05) is 0 Å². The number of carbonyl (C=O) groups excluding carboxylic acids is 1. The highest BCUT2D eigenvalue weighted by molar-refractivity contribution is 5.86. The van der Waals surface area contributed by atoms with Gasteiger partial charge in [-0.25, -0.2) is 4.79 Å². The minimum atomic E-state index is -1.13. The SMILES string of the molecule is O=C(O)C(c1ccc(O)cc1)N1CC(CO)CC1=O. The highest BCUT2D eigenvalue weighted by Crippen LogP contribution is 2.29. The number of carboxylic acids is 1. The monoisotopic (exact) mass is 265 g/mol. The van der Waals surface area contributed by atoms with Crippen molar-refractivity contribution in [3.63, 3.8) is 0 Å². The third-order valence-corrected chi connectivity index (χ3v) is 3.25. The minimum Gasteiger partial charge on any atom is -0.508 e. The van der Waals surface area contributed by atoms with Gasteiger partial charge in [-0.05, 0) is 17.7 Å². The molecule has 0 saturated carbocycles. The summed E-state index contributed by atoms with van der Waals surface area (Å²) in [6.45, 7) is 0.0946. The van der Waals surface area contributed by atoms with Crippen LogP contribution in [0.4, 0.5) is 0 Å². The van der Waals surface area contributed by atoms with Crippen molar-refractivity contribution in [2.45, 2.75) is 12.5 Å². The average molecular weight is 265 g/mol. The molecule has 0 aromatic heterocycles. The summed E-state index contributed by atoms with van der Waals surface area (Å²) in [5.41, 5.74) is 0.428. The lowest BCUT2D eigenvalue weighted by atomic mass is 10.1. The second kappa shape index (κ2) is 5.27. The van der Waals surface area contributed by atoms with Crippen molar-refractivity contribution in [2.24, 2.45) is 5.92 Å². The number of phenolic OH excluding ortho intramolecular Hbond substituents is 1. The number of phenols is 1. The molecule has 1 aliphatic rings. The van der Waals surface area contributed by atoms with Crippen LogP contribution in [0.3, 0.4) is 0 Å². The van der Waals surface area contributed by atoms with Crippen molar-refractivity contribution in [2.75, 3.05) is 13.2 Å². The van der Waals surface area contributed by atoms with Gasteiger partial charge in [-0.3, -0.25) is 4.79 Å². The number of rotatable bonds is 4. The van der Waals surface area contributed by atoms with E-state index in [-0.39, 0.29) is 37.1 Å². The molecule has 3 N–H and O–H groups in total. The second-order valence-electron chi connectivity index (χ2n) is 4.63. The largest absolute Gasteiger partial charge is 0.508 e. The average Bonchev–Trinajstić information content (AvgIpc) is 2.73. The van der Waals surface area contributed by atoms with Crippen LogP contribution in [0.2, 0.25) is 0 Å². The summed E-state index contributed by atoms with van der Waals surface area (Å²) in [6, 6.07) is 4.65. The molecule has 1 aromatic rings. The first kappa shape index (κ1) is 13.4. The summed E-state index contributed by atoms with van der Waals surface area (Å²) in [4.78, 5) is 24.5. The Kier molecular flexibility index (Phi) is 3.71. The van der Waals surface area contributed by atoms with Gasteiger partial charge < -0.3 is 20.2 Å². The van der Waals surface area contributed by atoms with Crippen molar-refractivity contribution in [3.8, 4) is 5.75 Å². The molecule has 102 valence electrons. The molecule has 6 nitrogen and oxygen atoms in total. The highest BCUT2D eigenvalue weighted by atomic mass is 16.4. The second-order valence-corrected chi connectivity index (χ2v) is 4.63. The fourth-order valence-electron chi connectivity index (χ4n) is 2.29. The van der Waals surface area contributed by atoms with Crippen LogP contribution in [-0.2, 0) is 9.59 Å². The Morgan fingerprint density at radius 1 is 1.37 bits per heavy atom. The topological polar surface area (TPSA) is 98.1 Å². The molecule has 19 heavy (non-hydrogen) atoms. The molecule has 6 heteroatoms. The summed E-state index contributed by atoms with van der Waals surface area (Å²) < 4.78 is 0. The Bertz CT molecular complexity index is 484. The zero-order valence-electron chi connectivity index (χ0n) is 10.2. The lowest BCUT2D eigenvalue weighted by molar-refractivity contribution is -0.148. The van der Waals surface area contributed by atoms with Crippen molar-refractivity contribution in [1.29, 1.82) is 0 Å². The fraction of sp³-hybridized carbons (Fsp3) is 0.385. The first-order valence-electron chi connectivity index (χ1n) is 5.95. The normalized spacial score (nSPS) is 20.6. The van der Waals surface area contributed by atoms with Crippen LogP contribution in [0, 0.1) is 5.92 Å². The number of carbonyl (C=O) groups is 2. The third-order valence-electron chi connectivity index (χ3n) is 3.25. The van der Waals surface area contributed by atoms with E-state index >= 15 is 0 Å². The number of likely N-dealkylation sites (tertiary alicyclic amines) is 1.